The summed E-state index contributed by atoms with van der Waals surface area (Å²) in [6.07, 6.45) is 2.05. The maximum Gasteiger partial charge on any atom is 0.231 e. The topological polar surface area (TPSA) is 72.2 Å². The minimum absolute atomic E-state index is 0.163. The molecule has 0 bridgehead atoms. The minimum Gasteiger partial charge on any atom is -0.309 e. The van der Waals surface area contributed by atoms with Crippen LogP contribution in [-0.2, 0) is 11.2 Å². The molecule has 3 aromatic heterocycles. The predicted molar refractivity (Wildman–Crippen MR) is 82.3 cm³/mol. The summed E-state index contributed by atoms with van der Waals surface area (Å²) >= 11 is 2.06. The minimum atomic E-state index is -0.163. The number of carbonyl (C=O) groups is 1. The number of carbonyl (C=O) groups excluding carboxylic acids is 1. The third-order valence-electron chi connectivity index (χ3n) is 2.66. The molecular formula is C13H10IN5O. The Balaban J connectivity index is 1.70. The van der Waals surface area contributed by atoms with Gasteiger partial charge in [-0.3, -0.25) is 4.79 Å². The van der Waals surface area contributed by atoms with E-state index in [9.17, 15) is 4.79 Å². The Morgan fingerprint density at radius 3 is 2.90 bits per heavy atom. The van der Waals surface area contributed by atoms with Crippen LogP contribution in [0, 0.1) is 3.70 Å². The van der Waals surface area contributed by atoms with E-state index in [0.717, 1.165) is 9.22 Å². The summed E-state index contributed by atoms with van der Waals surface area (Å²) in [4.78, 5) is 11.9. The first kappa shape index (κ1) is 13.0. The Kier molecular flexibility index (Phi) is 3.59. The molecule has 1 N–H and O–H groups in total. The second-order valence-corrected chi connectivity index (χ2v) is 5.28. The Labute approximate surface area is 128 Å². The lowest BCUT2D eigenvalue weighted by molar-refractivity contribution is -0.115. The molecule has 20 heavy (non-hydrogen) atoms. The van der Waals surface area contributed by atoms with Crippen molar-refractivity contribution >= 4 is 39.8 Å². The number of pyridine rings is 1. The fraction of sp³-hybridized carbons (Fsp3) is 0.0769. The largest absolute Gasteiger partial charge is 0.309 e. The lowest BCUT2D eigenvalue weighted by Crippen LogP contribution is -2.16. The molecule has 7 heteroatoms. The van der Waals surface area contributed by atoms with Gasteiger partial charge in [-0.05, 0) is 52.9 Å². The van der Waals surface area contributed by atoms with Gasteiger partial charge in [-0.2, -0.15) is 5.10 Å². The molecule has 1 amide bonds. The van der Waals surface area contributed by atoms with Gasteiger partial charge >= 0.3 is 0 Å². The monoisotopic (exact) mass is 379 g/mol. The number of aromatic nitrogens is 4. The van der Waals surface area contributed by atoms with E-state index in [1.54, 1.807) is 16.6 Å². The van der Waals surface area contributed by atoms with E-state index in [1.807, 2.05) is 30.5 Å². The molecule has 0 aliphatic heterocycles. The Bertz CT molecular complexity index is 720. The van der Waals surface area contributed by atoms with Gasteiger partial charge in [-0.1, -0.05) is 6.07 Å². The van der Waals surface area contributed by atoms with Crippen LogP contribution >= 0.6 is 22.6 Å². The lowest BCUT2D eigenvalue weighted by Gasteiger charge is -2.01. The molecule has 0 aromatic carbocycles. The molecule has 0 saturated carbocycles. The number of fused-ring (bicyclic) bond motifs is 1. The Morgan fingerprint density at radius 1 is 1.25 bits per heavy atom. The lowest BCUT2D eigenvalue weighted by atomic mass is 10.3. The first-order chi connectivity index (χ1) is 9.70. The summed E-state index contributed by atoms with van der Waals surface area (Å²) in [7, 11) is 0. The zero-order valence-electron chi connectivity index (χ0n) is 10.3. The quantitative estimate of drug-likeness (QED) is 0.706. The van der Waals surface area contributed by atoms with Gasteiger partial charge in [0.1, 0.15) is 3.70 Å². The van der Waals surface area contributed by atoms with Crippen LogP contribution in [0.1, 0.15) is 5.69 Å². The van der Waals surface area contributed by atoms with Gasteiger partial charge in [0, 0.05) is 6.20 Å². The molecule has 0 saturated heterocycles. The first-order valence-corrected chi connectivity index (χ1v) is 7.01. The molecule has 0 aliphatic rings. The molecule has 3 rings (SSSR count). The van der Waals surface area contributed by atoms with Crippen molar-refractivity contribution in [3.05, 3.63) is 52.0 Å². The van der Waals surface area contributed by atoms with Crippen molar-refractivity contribution in [3.8, 4) is 0 Å². The number of hydrogen-bond acceptors (Lipinski definition) is 4. The fourth-order valence-electron chi connectivity index (χ4n) is 1.81. The number of halogens is 1. The number of hydrogen-bond donors (Lipinski definition) is 1. The van der Waals surface area contributed by atoms with E-state index < -0.39 is 0 Å². The van der Waals surface area contributed by atoms with Crippen LogP contribution in [0.3, 0.4) is 0 Å². The number of nitrogens with one attached hydrogen (secondary N) is 1. The van der Waals surface area contributed by atoms with E-state index in [0.29, 0.717) is 11.5 Å². The summed E-state index contributed by atoms with van der Waals surface area (Å²) in [5.41, 5.74) is 1.68. The van der Waals surface area contributed by atoms with Gasteiger partial charge < -0.3 is 5.32 Å². The first-order valence-electron chi connectivity index (χ1n) is 5.93. The van der Waals surface area contributed by atoms with E-state index in [1.165, 1.54) is 0 Å². The highest BCUT2D eigenvalue weighted by atomic mass is 127. The number of amides is 1. The normalized spacial score (nSPS) is 10.7. The van der Waals surface area contributed by atoms with Crippen molar-refractivity contribution in [2.24, 2.45) is 0 Å². The molecule has 3 aromatic rings. The molecule has 0 unspecified atom stereocenters. The SMILES string of the molecule is O=C(Cc1cc2ccccn2n1)Nc1ccc(I)nn1. The predicted octanol–water partition coefficient (Wildman–Crippen LogP) is 1.91. The van der Waals surface area contributed by atoms with Crippen LogP contribution in [0.25, 0.3) is 5.52 Å². The summed E-state index contributed by atoms with van der Waals surface area (Å²) in [5, 5.41) is 14.8. The average Bonchev–Trinajstić information content (AvgIpc) is 2.83. The van der Waals surface area contributed by atoms with Crippen LogP contribution in [0.2, 0.25) is 0 Å². The highest BCUT2D eigenvalue weighted by Gasteiger charge is 2.08. The van der Waals surface area contributed by atoms with Crippen molar-refractivity contribution < 1.29 is 4.79 Å². The van der Waals surface area contributed by atoms with Crippen molar-refractivity contribution in [1.82, 2.24) is 19.8 Å². The van der Waals surface area contributed by atoms with Gasteiger partial charge in [-0.15, -0.1) is 10.2 Å². The van der Waals surface area contributed by atoms with Crippen LogP contribution < -0.4 is 5.32 Å². The van der Waals surface area contributed by atoms with E-state index in [2.05, 4.69) is 43.2 Å². The summed E-state index contributed by atoms with van der Waals surface area (Å²) in [6.45, 7) is 0. The molecule has 0 aliphatic carbocycles. The molecule has 0 atom stereocenters. The van der Waals surface area contributed by atoms with Crippen LogP contribution in [0.4, 0.5) is 5.82 Å². The average molecular weight is 379 g/mol. The molecule has 6 nitrogen and oxygen atoms in total. The standard InChI is InChI=1S/C13H10IN5O/c14-11-4-5-12(17-16-11)15-13(20)8-9-7-10-3-1-2-6-19(10)18-9/h1-7H,8H2,(H,15,17,20). The fourth-order valence-corrected chi connectivity index (χ4v) is 2.10. The zero-order valence-corrected chi connectivity index (χ0v) is 12.5. The third kappa shape index (κ3) is 2.93. The second-order valence-electron chi connectivity index (χ2n) is 4.17. The summed E-state index contributed by atoms with van der Waals surface area (Å²) in [6, 6.07) is 11.2. The van der Waals surface area contributed by atoms with E-state index >= 15 is 0 Å². The van der Waals surface area contributed by atoms with Gasteiger partial charge in [0.05, 0.1) is 17.6 Å². The molecule has 0 radical (unpaired) electrons. The second kappa shape index (κ2) is 5.53. The Hall–Kier alpha value is -2.03. The van der Waals surface area contributed by atoms with Gasteiger partial charge in [0.15, 0.2) is 5.82 Å². The van der Waals surface area contributed by atoms with Crippen molar-refractivity contribution in [3.63, 3.8) is 0 Å². The van der Waals surface area contributed by atoms with Crippen molar-refractivity contribution in [2.75, 3.05) is 5.32 Å². The Morgan fingerprint density at radius 2 is 2.15 bits per heavy atom. The highest BCUT2D eigenvalue weighted by Crippen LogP contribution is 2.08. The summed E-state index contributed by atoms with van der Waals surface area (Å²) < 4.78 is 2.52. The molecule has 100 valence electrons. The van der Waals surface area contributed by atoms with Crippen LogP contribution in [0.15, 0.2) is 42.6 Å². The highest BCUT2D eigenvalue weighted by molar-refractivity contribution is 14.1. The molecule has 3 heterocycles. The number of anilines is 1. The molecule has 0 fully saturated rings. The summed E-state index contributed by atoms with van der Waals surface area (Å²) in [5.74, 6) is 0.281. The number of rotatable bonds is 3. The van der Waals surface area contributed by atoms with Crippen LogP contribution in [0.5, 0.6) is 0 Å². The van der Waals surface area contributed by atoms with E-state index in [4.69, 9.17) is 0 Å². The number of nitrogens with zero attached hydrogens (tertiary/aromatic N) is 4. The molecular weight excluding hydrogens is 369 g/mol. The van der Waals surface area contributed by atoms with Crippen LogP contribution in [-0.4, -0.2) is 25.7 Å². The smallest absolute Gasteiger partial charge is 0.231 e. The zero-order chi connectivity index (χ0) is 13.9. The third-order valence-corrected chi connectivity index (χ3v) is 3.24. The van der Waals surface area contributed by atoms with Crippen molar-refractivity contribution in [2.45, 2.75) is 6.42 Å². The van der Waals surface area contributed by atoms with Gasteiger partial charge in [0.2, 0.25) is 5.91 Å². The van der Waals surface area contributed by atoms with Crippen molar-refractivity contribution in [1.29, 1.82) is 0 Å². The van der Waals surface area contributed by atoms with Gasteiger partial charge in [0.25, 0.3) is 0 Å². The van der Waals surface area contributed by atoms with Gasteiger partial charge in [-0.25, -0.2) is 4.52 Å². The molecule has 0 spiro atoms. The maximum atomic E-state index is 11.9. The van der Waals surface area contributed by atoms with E-state index in [-0.39, 0.29) is 12.3 Å². The maximum absolute atomic E-state index is 11.9.